The van der Waals surface area contributed by atoms with Gasteiger partial charge in [0, 0.05) is 23.3 Å². The molecule has 0 unspecified atom stereocenters. The van der Waals surface area contributed by atoms with Crippen LogP contribution in [0.15, 0.2) is 39.7 Å². The summed E-state index contributed by atoms with van der Waals surface area (Å²) in [7, 11) is 0. The van der Waals surface area contributed by atoms with Crippen LogP contribution in [0.5, 0.6) is 5.75 Å². The van der Waals surface area contributed by atoms with E-state index in [2.05, 4.69) is 35.1 Å². The lowest BCUT2D eigenvalue weighted by Crippen LogP contribution is -2.24. The summed E-state index contributed by atoms with van der Waals surface area (Å²) in [5, 5.41) is 2.45. The number of nitrogens with one attached hydrogen (secondary N) is 1. The molecule has 7 heteroatoms. The average Bonchev–Trinajstić information content (AvgIpc) is 2.61. The summed E-state index contributed by atoms with van der Waals surface area (Å²) in [6, 6.07) is 5.78. The van der Waals surface area contributed by atoms with Gasteiger partial charge in [0.15, 0.2) is 12.4 Å². The van der Waals surface area contributed by atoms with Crippen LogP contribution in [0, 0.1) is 11.7 Å². The van der Waals surface area contributed by atoms with Gasteiger partial charge in [0.2, 0.25) is 5.43 Å². The van der Waals surface area contributed by atoms with Crippen molar-refractivity contribution in [2.45, 2.75) is 40.2 Å². The number of amides is 1. The van der Waals surface area contributed by atoms with Crippen LogP contribution in [0.2, 0.25) is 0 Å². The first-order valence-electron chi connectivity index (χ1n) is 8.91. The maximum atomic E-state index is 13.8. The van der Waals surface area contributed by atoms with Crippen molar-refractivity contribution < 1.29 is 13.9 Å². The van der Waals surface area contributed by atoms with E-state index < -0.39 is 11.7 Å². The number of aromatic nitrogens is 1. The Morgan fingerprint density at radius 3 is 2.70 bits per heavy atom. The number of hydrogen-bond acceptors (Lipinski definition) is 3. The number of hydrogen-bond donors (Lipinski definition) is 1. The van der Waals surface area contributed by atoms with Crippen molar-refractivity contribution >= 4 is 27.5 Å². The molecule has 0 aliphatic heterocycles. The number of anilines is 1. The van der Waals surface area contributed by atoms with Crippen LogP contribution < -0.4 is 15.5 Å². The largest absolute Gasteiger partial charge is 0.478 e. The molecule has 2 rings (SSSR count). The molecule has 5 nitrogen and oxygen atoms in total. The van der Waals surface area contributed by atoms with Crippen LogP contribution >= 0.6 is 15.9 Å². The maximum Gasteiger partial charge on any atom is 0.262 e. The molecule has 0 aliphatic carbocycles. The molecule has 1 amide bonds. The Bertz CT molecular complexity index is 865. The smallest absolute Gasteiger partial charge is 0.262 e. The lowest BCUT2D eigenvalue weighted by molar-refractivity contribution is -0.118. The standard InChI is InChI=1S/C20H24BrFN2O3/c1-4-17-20(18(25)8-10-24(17)9-7-13(2)3)27-12-19(26)23-16-6-5-14(21)11-15(16)22/h5-6,8,10-11,13H,4,7,9,12H2,1-3H3,(H,23,26). The van der Waals surface area contributed by atoms with E-state index in [4.69, 9.17) is 4.74 Å². The molecule has 1 aromatic carbocycles. The first-order valence-corrected chi connectivity index (χ1v) is 9.71. The van der Waals surface area contributed by atoms with E-state index in [1.165, 1.54) is 18.2 Å². The molecule has 27 heavy (non-hydrogen) atoms. The highest BCUT2D eigenvalue weighted by molar-refractivity contribution is 9.10. The fraction of sp³-hybridized carbons (Fsp3) is 0.400. The summed E-state index contributed by atoms with van der Waals surface area (Å²) in [5.74, 6) is -0.377. The SMILES string of the molecule is CCc1c(OCC(=O)Nc2ccc(Br)cc2F)c(=O)ccn1CCC(C)C. The van der Waals surface area contributed by atoms with Crippen molar-refractivity contribution in [2.75, 3.05) is 11.9 Å². The number of ether oxygens (including phenoxy) is 1. The summed E-state index contributed by atoms with van der Waals surface area (Å²) >= 11 is 3.16. The number of nitrogens with zero attached hydrogens (tertiary/aromatic N) is 1. The summed E-state index contributed by atoms with van der Waals surface area (Å²) in [6.07, 6.45) is 3.33. The molecule has 0 atom stereocenters. The molecule has 0 saturated heterocycles. The maximum absolute atomic E-state index is 13.8. The van der Waals surface area contributed by atoms with Crippen LogP contribution in [0.3, 0.4) is 0 Å². The minimum atomic E-state index is -0.553. The zero-order valence-electron chi connectivity index (χ0n) is 15.7. The Balaban J connectivity index is 2.10. The van der Waals surface area contributed by atoms with E-state index in [9.17, 15) is 14.0 Å². The molecule has 1 heterocycles. The second kappa shape index (κ2) is 9.69. The van der Waals surface area contributed by atoms with Crippen LogP contribution in [0.25, 0.3) is 0 Å². The van der Waals surface area contributed by atoms with Gasteiger partial charge < -0.3 is 14.6 Å². The third kappa shape index (κ3) is 5.92. The van der Waals surface area contributed by atoms with Gasteiger partial charge in [-0.3, -0.25) is 9.59 Å². The molecule has 0 spiro atoms. The highest BCUT2D eigenvalue weighted by Gasteiger charge is 2.14. The van der Waals surface area contributed by atoms with Gasteiger partial charge in [-0.1, -0.05) is 36.7 Å². The molecule has 0 aliphatic rings. The molecule has 146 valence electrons. The van der Waals surface area contributed by atoms with Crippen molar-refractivity contribution in [3.8, 4) is 5.75 Å². The van der Waals surface area contributed by atoms with E-state index in [-0.39, 0.29) is 23.5 Å². The fourth-order valence-corrected chi connectivity index (χ4v) is 2.97. The Hall–Kier alpha value is -2.15. The number of benzene rings is 1. The van der Waals surface area contributed by atoms with Crippen molar-refractivity contribution in [3.63, 3.8) is 0 Å². The number of pyridine rings is 1. The second-order valence-electron chi connectivity index (χ2n) is 6.65. The minimum Gasteiger partial charge on any atom is -0.478 e. The molecular weight excluding hydrogens is 415 g/mol. The van der Waals surface area contributed by atoms with Crippen molar-refractivity contribution in [1.29, 1.82) is 0 Å². The number of carbonyl (C=O) groups excluding carboxylic acids is 1. The number of rotatable bonds is 8. The van der Waals surface area contributed by atoms with Gasteiger partial charge >= 0.3 is 0 Å². The molecule has 0 saturated carbocycles. The summed E-state index contributed by atoms with van der Waals surface area (Å²) < 4.78 is 21.9. The number of carbonyl (C=O) groups is 1. The van der Waals surface area contributed by atoms with Gasteiger partial charge in [0.05, 0.1) is 11.4 Å². The predicted molar refractivity (Wildman–Crippen MR) is 108 cm³/mol. The molecule has 0 radical (unpaired) electrons. The fourth-order valence-electron chi connectivity index (χ4n) is 2.64. The monoisotopic (exact) mass is 438 g/mol. The van der Waals surface area contributed by atoms with E-state index >= 15 is 0 Å². The molecule has 0 fully saturated rings. The zero-order valence-corrected chi connectivity index (χ0v) is 17.3. The van der Waals surface area contributed by atoms with Crippen LogP contribution in [-0.2, 0) is 17.8 Å². The third-order valence-electron chi connectivity index (χ3n) is 4.07. The molecule has 0 bridgehead atoms. The quantitative estimate of drug-likeness (QED) is 0.665. The highest BCUT2D eigenvalue weighted by atomic mass is 79.9. The lowest BCUT2D eigenvalue weighted by atomic mass is 10.1. The molecule has 2 aromatic rings. The third-order valence-corrected chi connectivity index (χ3v) is 4.57. The van der Waals surface area contributed by atoms with Crippen molar-refractivity contribution in [2.24, 2.45) is 5.92 Å². The molecule has 1 N–H and O–H groups in total. The van der Waals surface area contributed by atoms with Crippen LogP contribution in [-0.4, -0.2) is 17.1 Å². The van der Waals surface area contributed by atoms with Crippen molar-refractivity contribution in [3.05, 3.63) is 56.7 Å². The Labute approximate surface area is 166 Å². The van der Waals surface area contributed by atoms with Gasteiger partial charge in [0.1, 0.15) is 5.82 Å². The first-order chi connectivity index (χ1) is 12.8. The Morgan fingerprint density at radius 1 is 1.33 bits per heavy atom. The predicted octanol–water partition coefficient (Wildman–Crippen LogP) is 4.38. The second-order valence-corrected chi connectivity index (χ2v) is 7.56. The van der Waals surface area contributed by atoms with Gasteiger partial charge in [-0.15, -0.1) is 0 Å². The zero-order chi connectivity index (χ0) is 20.0. The Morgan fingerprint density at radius 2 is 2.07 bits per heavy atom. The van der Waals surface area contributed by atoms with E-state index in [1.54, 1.807) is 12.3 Å². The lowest BCUT2D eigenvalue weighted by Gasteiger charge is -2.17. The van der Waals surface area contributed by atoms with E-state index in [0.29, 0.717) is 16.8 Å². The van der Waals surface area contributed by atoms with Gasteiger partial charge in [-0.2, -0.15) is 0 Å². The van der Waals surface area contributed by atoms with E-state index in [1.807, 2.05) is 11.5 Å². The molecule has 1 aromatic heterocycles. The summed E-state index contributed by atoms with van der Waals surface area (Å²) in [6.45, 7) is 6.61. The Kier molecular flexibility index (Phi) is 7.59. The first kappa shape index (κ1) is 21.2. The van der Waals surface area contributed by atoms with Crippen LogP contribution in [0.4, 0.5) is 10.1 Å². The van der Waals surface area contributed by atoms with Gasteiger partial charge in [0.25, 0.3) is 5.91 Å². The van der Waals surface area contributed by atoms with E-state index in [0.717, 1.165) is 18.7 Å². The normalized spacial score (nSPS) is 10.9. The van der Waals surface area contributed by atoms with Crippen molar-refractivity contribution in [1.82, 2.24) is 4.57 Å². The molecular formula is C20H24BrFN2O3. The summed E-state index contributed by atoms with van der Waals surface area (Å²) in [4.78, 5) is 24.3. The van der Waals surface area contributed by atoms with Crippen LogP contribution in [0.1, 0.15) is 32.9 Å². The number of aryl methyl sites for hydroxylation is 1. The highest BCUT2D eigenvalue weighted by Crippen LogP contribution is 2.20. The number of halogens is 2. The minimum absolute atomic E-state index is 0.0601. The van der Waals surface area contributed by atoms with Gasteiger partial charge in [-0.05, 0) is 37.0 Å². The summed E-state index contributed by atoms with van der Waals surface area (Å²) in [5.41, 5.74) is 0.547. The average molecular weight is 439 g/mol. The topological polar surface area (TPSA) is 60.3 Å². The van der Waals surface area contributed by atoms with Gasteiger partial charge in [-0.25, -0.2) is 4.39 Å².